The van der Waals surface area contributed by atoms with Crippen molar-refractivity contribution >= 4 is 29.0 Å². The van der Waals surface area contributed by atoms with E-state index >= 15 is 0 Å². The average molecular weight is 347 g/mol. The molecule has 2 heterocycles. The van der Waals surface area contributed by atoms with E-state index in [0.717, 1.165) is 25.3 Å². The highest BCUT2D eigenvalue weighted by Gasteiger charge is 2.26. The Labute approximate surface area is 145 Å². The maximum absolute atomic E-state index is 12.7. The molecule has 1 aliphatic rings. The van der Waals surface area contributed by atoms with Crippen molar-refractivity contribution in [1.29, 1.82) is 0 Å². The lowest BCUT2D eigenvalue weighted by Gasteiger charge is -2.33. The molecule has 0 radical (unpaired) electrons. The van der Waals surface area contributed by atoms with E-state index in [1.54, 1.807) is 17.0 Å². The molecule has 126 valence electrons. The molecular formula is C16H19ClN6O. The quantitative estimate of drug-likeness (QED) is 0.811. The van der Waals surface area contributed by atoms with Gasteiger partial charge in [-0.3, -0.25) is 9.69 Å². The van der Waals surface area contributed by atoms with E-state index in [-0.39, 0.29) is 11.6 Å². The molecule has 2 N–H and O–H groups in total. The van der Waals surface area contributed by atoms with Gasteiger partial charge in [-0.1, -0.05) is 23.7 Å². The van der Waals surface area contributed by atoms with E-state index in [9.17, 15) is 4.79 Å². The Bertz CT molecular complexity index is 723. The summed E-state index contributed by atoms with van der Waals surface area (Å²) in [6, 6.07) is 7.22. The molecule has 1 aliphatic heterocycles. The van der Waals surface area contributed by atoms with Gasteiger partial charge in [0, 0.05) is 43.4 Å². The summed E-state index contributed by atoms with van der Waals surface area (Å²) in [6.45, 7) is 7.56. The number of rotatable bonds is 5. The third-order valence-electron chi connectivity index (χ3n) is 3.88. The van der Waals surface area contributed by atoms with Gasteiger partial charge in [-0.15, -0.1) is 16.8 Å². The lowest BCUT2D eigenvalue weighted by Crippen LogP contribution is -2.48. The minimum absolute atomic E-state index is 0.133. The SMILES string of the molecule is C=CCN1CCN(C(=O)c2n[nH]nc2Nc2cccc(Cl)c2)CC1. The molecule has 1 aromatic heterocycles. The van der Waals surface area contributed by atoms with Crippen LogP contribution in [0.15, 0.2) is 36.9 Å². The number of carbonyl (C=O) groups is 1. The number of H-pyrrole nitrogens is 1. The lowest BCUT2D eigenvalue weighted by molar-refractivity contribution is 0.0645. The summed E-state index contributed by atoms with van der Waals surface area (Å²) >= 11 is 5.98. The molecule has 0 spiro atoms. The van der Waals surface area contributed by atoms with Crippen molar-refractivity contribution in [2.45, 2.75) is 0 Å². The Morgan fingerprint density at radius 3 is 2.83 bits per heavy atom. The Morgan fingerprint density at radius 1 is 1.33 bits per heavy atom. The summed E-state index contributed by atoms with van der Waals surface area (Å²) in [4.78, 5) is 16.7. The number of piperazine rings is 1. The molecular weight excluding hydrogens is 328 g/mol. The van der Waals surface area contributed by atoms with Crippen LogP contribution in [0.3, 0.4) is 0 Å². The average Bonchev–Trinajstić information content (AvgIpc) is 3.03. The zero-order valence-corrected chi connectivity index (χ0v) is 14.0. The van der Waals surface area contributed by atoms with Crippen LogP contribution in [0.4, 0.5) is 11.5 Å². The van der Waals surface area contributed by atoms with Crippen LogP contribution in [0.5, 0.6) is 0 Å². The number of hydrogen-bond acceptors (Lipinski definition) is 5. The van der Waals surface area contributed by atoms with Crippen LogP contribution in [0.25, 0.3) is 0 Å². The van der Waals surface area contributed by atoms with Crippen molar-refractivity contribution < 1.29 is 4.79 Å². The molecule has 0 atom stereocenters. The summed E-state index contributed by atoms with van der Waals surface area (Å²) in [5, 5.41) is 14.3. The van der Waals surface area contributed by atoms with Gasteiger partial charge < -0.3 is 10.2 Å². The first-order chi connectivity index (χ1) is 11.7. The zero-order chi connectivity index (χ0) is 16.9. The molecule has 1 aromatic carbocycles. The highest BCUT2D eigenvalue weighted by molar-refractivity contribution is 6.30. The van der Waals surface area contributed by atoms with Crippen LogP contribution in [0, 0.1) is 0 Å². The molecule has 1 saturated heterocycles. The fourth-order valence-electron chi connectivity index (χ4n) is 2.64. The Morgan fingerprint density at radius 2 is 2.12 bits per heavy atom. The first-order valence-corrected chi connectivity index (χ1v) is 8.11. The number of halogens is 1. The Hall–Kier alpha value is -2.38. The minimum atomic E-state index is -0.133. The summed E-state index contributed by atoms with van der Waals surface area (Å²) in [7, 11) is 0. The summed E-state index contributed by atoms with van der Waals surface area (Å²) < 4.78 is 0. The van der Waals surface area contributed by atoms with Gasteiger partial charge in [0.25, 0.3) is 5.91 Å². The lowest BCUT2D eigenvalue weighted by atomic mass is 10.2. The van der Waals surface area contributed by atoms with Crippen LogP contribution < -0.4 is 5.32 Å². The van der Waals surface area contributed by atoms with Crippen molar-refractivity contribution in [3.05, 3.63) is 47.6 Å². The molecule has 0 saturated carbocycles. The summed E-state index contributed by atoms with van der Waals surface area (Å²) in [6.07, 6.45) is 1.88. The first kappa shape index (κ1) is 16.5. The second-order valence-corrected chi connectivity index (χ2v) is 5.97. The fourth-order valence-corrected chi connectivity index (χ4v) is 2.83. The maximum atomic E-state index is 12.7. The number of nitrogens with one attached hydrogen (secondary N) is 2. The highest BCUT2D eigenvalue weighted by atomic mass is 35.5. The monoisotopic (exact) mass is 346 g/mol. The normalized spacial score (nSPS) is 15.3. The first-order valence-electron chi connectivity index (χ1n) is 7.73. The van der Waals surface area contributed by atoms with E-state index in [1.807, 2.05) is 18.2 Å². The molecule has 2 aromatic rings. The predicted molar refractivity (Wildman–Crippen MR) is 93.7 cm³/mol. The topological polar surface area (TPSA) is 77.2 Å². The van der Waals surface area contributed by atoms with Crippen LogP contribution in [-0.2, 0) is 0 Å². The van der Waals surface area contributed by atoms with Crippen molar-refractivity contribution in [3.63, 3.8) is 0 Å². The van der Waals surface area contributed by atoms with Crippen LogP contribution in [0.1, 0.15) is 10.5 Å². The zero-order valence-electron chi connectivity index (χ0n) is 13.2. The van der Waals surface area contributed by atoms with Crippen molar-refractivity contribution in [3.8, 4) is 0 Å². The number of amides is 1. The summed E-state index contributed by atoms with van der Waals surface area (Å²) in [5.74, 6) is 0.266. The van der Waals surface area contributed by atoms with Gasteiger partial charge in [-0.05, 0) is 18.2 Å². The standard InChI is InChI=1S/C16H19ClN6O/c1-2-6-22-7-9-23(10-8-22)16(24)14-15(20-21-19-14)18-13-5-3-4-12(17)11-13/h2-5,11H,1,6-10H2,(H2,18,19,20,21). The van der Waals surface area contributed by atoms with Gasteiger partial charge in [-0.2, -0.15) is 5.21 Å². The van der Waals surface area contributed by atoms with E-state index in [4.69, 9.17) is 11.6 Å². The van der Waals surface area contributed by atoms with Gasteiger partial charge in [0.1, 0.15) is 0 Å². The molecule has 1 amide bonds. The number of hydrogen-bond donors (Lipinski definition) is 2. The Balaban J connectivity index is 1.68. The number of benzene rings is 1. The number of aromatic amines is 1. The molecule has 0 bridgehead atoms. The minimum Gasteiger partial charge on any atom is -0.337 e. The second-order valence-electron chi connectivity index (χ2n) is 5.54. The van der Waals surface area contributed by atoms with Gasteiger partial charge in [0.05, 0.1) is 0 Å². The van der Waals surface area contributed by atoms with Crippen LogP contribution >= 0.6 is 11.6 Å². The largest absolute Gasteiger partial charge is 0.337 e. The number of anilines is 2. The predicted octanol–water partition coefficient (Wildman–Crippen LogP) is 2.15. The third kappa shape index (κ3) is 3.74. The maximum Gasteiger partial charge on any atom is 0.278 e. The molecule has 1 fully saturated rings. The van der Waals surface area contributed by atoms with Crippen LogP contribution in [0.2, 0.25) is 5.02 Å². The number of aromatic nitrogens is 3. The van der Waals surface area contributed by atoms with Gasteiger partial charge in [-0.25, -0.2) is 0 Å². The summed E-state index contributed by atoms with van der Waals surface area (Å²) in [5.41, 5.74) is 1.04. The van der Waals surface area contributed by atoms with Gasteiger partial charge >= 0.3 is 0 Å². The van der Waals surface area contributed by atoms with E-state index in [1.165, 1.54) is 0 Å². The van der Waals surface area contributed by atoms with Crippen molar-refractivity contribution in [1.82, 2.24) is 25.2 Å². The molecule has 3 rings (SSSR count). The van der Waals surface area contributed by atoms with Gasteiger partial charge in [0.15, 0.2) is 11.5 Å². The number of carbonyl (C=O) groups excluding carboxylic acids is 1. The highest BCUT2D eigenvalue weighted by Crippen LogP contribution is 2.21. The number of nitrogens with zero attached hydrogens (tertiary/aromatic N) is 4. The Kier molecular flexibility index (Phi) is 5.12. The molecule has 0 unspecified atom stereocenters. The molecule has 24 heavy (non-hydrogen) atoms. The van der Waals surface area contributed by atoms with Crippen LogP contribution in [-0.4, -0.2) is 63.8 Å². The van der Waals surface area contributed by atoms with E-state index in [0.29, 0.717) is 23.9 Å². The van der Waals surface area contributed by atoms with E-state index < -0.39 is 0 Å². The van der Waals surface area contributed by atoms with Gasteiger partial charge in [0.2, 0.25) is 0 Å². The third-order valence-corrected chi connectivity index (χ3v) is 4.12. The van der Waals surface area contributed by atoms with E-state index in [2.05, 4.69) is 32.2 Å². The second kappa shape index (κ2) is 7.46. The molecule has 0 aliphatic carbocycles. The smallest absolute Gasteiger partial charge is 0.278 e. The van der Waals surface area contributed by atoms with Crippen molar-refractivity contribution in [2.75, 3.05) is 38.0 Å². The molecule has 8 heteroatoms. The van der Waals surface area contributed by atoms with Crippen molar-refractivity contribution in [2.24, 2.45) is 0 Å². The fraction of sp³-hybridized carbons (Fsp3) is 0.312. The molecule has 7 nitrogen and oxygen atoms in total.